The standard InChI is InChI=1S/C61H41N5/c1-5-17-42(18-6-1)45-31-34-51(35-32-45)65(56-28-16-15-27-53(56)50-30-29-44-21-13-14-26-48(44)39-50)52-36-38-55-54-37-33-49(43-19-7-2-8-20-43)40-57(54)66(58(55)41-52)61-63-59(46-22-9-3-10-23-46)62-60(64-61)47-24-11-4-12-25-47/h1-41H. The first-order valence-electron chi connectivity index (χ1n) is 22.3. The maximum atomic E-state index is 5.31. The summed E-state index contributed by atoms with van der Waals surface area (Å²) in [6.45, 7) is 0. The van der Waals surface area contributed by atoms with Gasteiger partial charge >= 0.3 is 0 Å². The van der Waals surface area contributed by atoms with E-state index in [0.717, 1.165) is 77.8 Å². The van der Waals surface area contributed by atoms with Crippen molar-refractivity contribution in [1.29, 1.82) is 0 Å². The SMILES string of the molecule is c1ccc(-c2ccc(N(c3ccc4c5ccc(-c6ccccc6)cc5n(-c5nc(-c6ccccc6)nc(-c6ccccc6)n5)c4c3)c3ccccc3-c3ccc4ccccc4c3)cc2)cc1. The van der Waals surface area contributed by atoms with Gasteiger partial charge in [-0.05, 0) is 81.1 Å². The molecule has 0 amide bonds. The second-order valence-electron chi connectivity index (χ2n) is 16.5. The monoisotopic (exact) mass is 843 g/mol. The molecular formula is C61H41N5. The molecule has 0 atom stereocenters. The van der Waals surface area contributed by atoms with Gasteiger partial charge in [0.25, 0.3) is 0 Å². The molecule has 2 aromatic heterocycles. The molecule has 0 aliphatic carbocycles. The maximum Gasteiger partial charge on any atom is 0.238 e. The van der Waals surface area contributed by atoms with Gasteiger partial charge in [-0.15, -0.1) is 0 Å². The summed E-state index contributed by atoms with van der Waals surface area (Å²) in [5, 5.41) is 4.62. The van der Waals surface area contributed by atoms with E-state index in [9.17, 15) is 0 Å². The van der Waals surface area contributed by atoms with Gasteiger partial charge in [-0.25, -0.2) is 4.98 Å². The van der Waals surface area contributed by atoms with Gasteiger partial charge in [0.05, 0.1) is 16.7 Å². The first-order chi connectivity index (χ1) is 32.7. The normalized spacial score (nSPS) is 11.3. The Morgan fingerprint density at radius 1 is 0.303 bits per heavy atom. The van der Waals surface area contributed by atoms with E-state index in [1.54, 1.807) is 0 Å². The van der Waals surface area contributed by atoms with Crippen LogP contribution < -0.4 is 4.90 Å². The highest BCUT2D eigenvalue weighted by Crippen LogP contribution is 2.44. The van der Waals surface area contributed by atoms with Crippen LogP contribution in [0.1, 0.15) is 0 Å². The van der Waals surface area contributed by atoms with Crippen LogP contribution in [0.15, 0.2) is 249 Å². The minimum absolute atomic E-state index is 0.542. The van der Waals surface area contributed by atoms with Crippen molar-refractivity contribution in [3.05, 3.63) is 249 Å². The first-order valence-corrected chi connectivity index (χ1v) is 22.3. The molecule has 0 spiro atoms. The van der Waals surface area contributed by atoms with Gasteiger partial charge in [-0.3, -0.25) is 4.57 Å². The van der Waals surface area contributed by atoms with Gasteiger partial charge in [0, 0.05) is 38.8 Å². The van der Waals surface area contributed by atoms with E-state index in [0.29, 0.717) is 17.6 Å². The highest BCUT2D eigenvalue weighted by Gasteiger charge is 2.23. The molecule has 0 saturated carbocycles. The Bertz CT molecular complexity index is 3620. The van der Waals surface area contributed by atoms with E-state index in [4.69, 9.17) is 15.0 Å². The third kappa shape index (κ3) is 7.15. The lowest BCUT2D eigenvalue weighted by Gasteiger charge is -2.28. The summed E-state index contributed by atoms with van der Waals surface area (Å²) in [5.41, 5.74) is 13.8. The van der Waals surface area contributed by atoms with Crippen molar-refractivity contribution in [2.45, 2.75) is 0 Å². The molecule has 12 rings (SSSR count). The summed E-state index contributed by atoms with van der Waals surface area (Å²) in [4.78, 5) is 18.1. The Morgan fingerprint density at radius 2 is 0.773 bits per heavy atom. The van der Waals surface area contributed by atoms with Gasteiger partial charge in [0.15, 0.2) is 11.6 Å². The van der Waals surface area contributed by atoms with Crippen LogP contribution >= 0.6 is 0 Å². The summed E-state index contributed by atoms with van der Waals surface area (Å²) in [6.07, 6.45) is 0. The number of benzene rings is 10. The lowest BCUT2D eigenvalue weighted by molar-refractivity contribution is 0.953. The van der Waals surface area contributed by atoms with Crippen LogP contribution in [0, 0.1) is 0 Å². The Balaban J connectivity index is 1.12. The summed E-state index contributed by atoms with van der Waals surface area (Å²) in [5.74, 6) is 1.75. The first kappa shape index (κ1) is 38.7. The van der Waals surface area contributed by atoms with Crippen LogP contribution in [0.25, 0.3) is 94.7 Å². The molecule has 310 valence electrons. The third-order valence-electron chi connectivity index (χ3n) is 12.4. The summed E-state index contributed by atoms with van der Waals surface area (Å²) < 4.78 is 2.23. The molecule has 0 bridgehead atoms. The fraction of sp³-hybridized carbons (Fsp3) is 0. The zero-order chi connectivity index (χ0) is 43.8. The Kier molecular flexibility index (Phi) is 9.77. The number of fused-ring (bicyclic) bond motifs is 4. The molecule has 0 aliphatic heterocycles. The molecule has 2 heterocycles. The summed E-state index contributed by atoms with van der Waals surface area (Å²) in [7, 11) is 0. The molecule has 66 heavy (non-hydrogen) atoms. The average molecular weight is 844 g/mol. The maximum absolute atomic E-state index is 5.31. The van der Waals surface area contributed by atoms with Crippen LogP contribution in [0.3, 0.4) is 0 Å². The Morgan fingerprint density at radius 3 is 1.42 bits per heavy atom. The summed E-state index contributed by atoms with van der Waals surface area (Å²) in [6, 6.07) is 87.9. The van der Waals surface area contributed by atoms with Crippen molar-refractivity contribution in [3.63, 3.8) is 0 Å². The van der Waals surface area contributed by atoms with Crippen molar-refractivity contribution in [2.75, 3.05) is 4.90 Å². The lowest BCUT2D eigenvalue weighted by atomic mass is 9.98. The second kappa shape index (κ2) is 16.6. The van der Waals surface area contributed by atoms with Crippen molar-refractivity contribution in [2.24, 2.45) is 0 Å². The third-order valence-corrected chi connectivity index (χ3v) is 12.4. The topological polar surface area (TPSA) is 46.8 Å². The molecule has 0 aliphatic rings. The molecule has 0 radical (unpaired) electrons. The van der Waals surface area contributed by atoms with Crippen LogP contribution in [0.4, 0.5) is 17.1 Å². The van der Waals surface area contributed by atoms with Gasteiger partial charge < -0.3 is 4.90 Å². The molecule has 0 N–H and O–H groups in total. The molecule has 0 saturated heterocycles. The zero-order valence-corrected chi connectivity index (χ0v) is 35.9. The number of nitrogens with zero attached hydrogens (tertiary/aromatic N) is 5. The number of hydrogen-bond donors (Lipinski definition) is 0. The van der Waals surface area contributed by atoms with Crippen molar-refractivity contribution >= 4 is 49.6 Å². The van der Waals surface area contributed by atoms with E-state index < -0.39 is 0 Å². The molecule has 12 aromatic rings. The van der Waals surface area contributed by atoms with Gasteiger partial charge in [0.2, 0.25) is 5.95 Å². The number of aromatic nitrogens is 4. The number of rotatable bonds is 9. The highest BCUT2D eigenvalue weighted by atomic mass is 15.2. The lowest BCUT2D eigenvalue weighted by Crippen LogP contribution is -2.11. The van der Waals surface area contributed by atoms with Crippen molar-refractivity contribution in [3.8, 4) is 62.1 Å². The van der Waals surface area contributed by atoms with E-state index in [1.165, 1.54) is 16.3 Å². The highest BCUT2D eigenvalue weighted by molar-refractivity contribution is 6.11. The molecular weight excluding hydrogens is 803 g/mol. The predicted molar refractivity (Wildman–Crippen MR) is 274 cm³/mol. The number of hydrogen-bond acceptors (Lipinski definition) is 4. The fourth-order valence-electron chi connectivity index (χ4n) is 9.20. The average Bonchev–Trinajstić information content (AvgIpc) is 3.73. The van der Waals surface area contributed by atoms with E-state index in [2.05, 4.69) is 222 Å². The van der Waals surface area contributed by atoms with Crippen LogP contribution in [0.5, 0.6) is 0 Å². The van der Waals surface area contributed by atoms with Crippen LogP contribution in [0.2, 0.25) is 0 Å². The van der Waals surface area contributed by atoms with Crippen molar-refractivity contribution in [1.82, 2.24) is 19.5 Å². The van der Waals surface area contributed by atoms with Gasteiger partial charge in [-0.2, -0.15) is 9.97 Å². The molecule has 5 nitrogen and oxygen atoms in total. The molecule has 5 heteroatoms. The quantitative estimate of drug-likeness (QED) is 0.145. The molecule has 0 fully saturated rings. The van der Waals surface area contributed by atoms with E-state index in [1.807, 2.05) is 36.4 Å². The molecule has 10 aromatic carbocycles. The van der Waals surface area contributed by atoms with Crippen LogP contribution in [-0.2, 0) is 0 Å². The predicted octanol–water partition coefficient (Wildman–Crippen LogP) is 15.9. The number of anilines is 3. The zero-order valence-electron chi connectivity index (χ0n) is 35.9. The van der Waals surface area contributed by atoms with Crippen molar-refractivity contribution < 1.29 is 0 Å². The number of para-hydroxylation sites is 1. The van der Waals surface area contributed by atoms with Crippen LogP contribution in [-0.4, -0.2) is 19.5 Å². The van der Waals surface area contributed by atoms with E-state index in [-0.39, 0.29) is 0 Å². The van der Waals surface area contributed by atoms with E-state index >= 15 is 0 Å². The molecule has 0 unspecified atom stereocenters. The minimum atomic E-state index is 0.542. The van der Waals surface area contributed by atoms with Gasteiger partial charge in [0.1, 0.15) is 0 Å². The Labute approximate surface area is 383 Å². The van der Waals surface area contributed by atoms with Gasteiger partial charge in [-0.1, -0.05) is 206 Å². The minimum Gasteiger partial charge on any atom is -0.310 e. The smallest absolute Gasteiger partial charge is 0.238 e. The largest absolute Gasteiger partial charge is 0.310 e. The second-order valence-corrected chi connectivity index (χ2v) is 16.5. The Hall–Kier alpha value is -8.93. The fourth-order valence-corrected chi connectivity index (χ4v) is 9.20. The summed E-state index contributed by atoms with van der Waals surface area (Å²) >= 11 is 0.